The number of piperidine rings is 1. The maximum atomic E-state index is 4.58. The van der Waals surface area contributed by atoms with Gasteiger partial charge in [-0.25, -0.2) is 0 Å². The van der Waals surface area contributed by atoms with Gasteiger partial charge in [-0.05, 0) is 157 Å². The van der Waals surface area contributed by atoms with E-state index in [4.69, 9.17) is 0 Å². The quantitative estimate of drug-likeness (QED) is 0.115. The van der Waals surface area contributed by atoms with Gasteiger partial charge in [-0.2, -0.15) is 0 Å². The second kappa shape index (κ2) is 23.9. The van der Waals surface area contributed by atoms with Crippen molar-refractivity contribution in [3.05, 3.63) is 209 Å². The number of aromatic nitrogens is 2. The summed E-state index contributed by atoms with van der Waals surface area (Å²) in [6.45, 7) is 12.4. The fraction of sp³-hybridized carbons (Fsp3) is 0.345. The Labute approximate surface area is 385 Å². The van der Waals surface area contributed by atoms with Gasteiger partial charge in [0.2, 0.25) is 0 Å². The van der Waals surface area contributed by atoms with Gasteiger partial charge in [-0.15, -0.1) is 0 Å². The molecule has 3 aliphatic rings. The van der Waals surface area contributed by atoms with Crippen molar-refractivity contribution >= 4 is 16.8 Å². The lowest BCUT2D eigenvalue weighted by atomic mass is 9.89. The first-order chi connectivity index (χ1) is 31.3. The third-order valence-electron chi connectivity index (χ3n) is 13.0. The van der Waals surface area contributed by atoms with Crippen molar-refractivity contribution in [2.45, 2.75) is 70.9 Å². The molecule has 1 unspecified atom stereocenters. The molecule has 2 saturated heterocycles. The molecule has 0 radical (unpaired) electrons. The van der Waals surface area contributed by atoms with Crippen molar-refractivity contribution in [2.24, 2.45) is 0 Å². The Morgan fingerprint density at radius 2 is 1.36 bits per heavy atom. The van der Waals surface area contributed by atoms with E-state index in [0.717, 1.165) is 43.9 Å². The van der Waals surface area contributed by atoms with E-state index in [0.29, 0.717) is 12.0 Å². The van der Waals surface area contributed by atoms with Gasteiger partial charge < -0.3 is 14.7 Å². The van der Waals surface area contributed by atoms with Crippen LogP contribution in [0.4, 0.5) is 5.69 Å². The van der Waals surface area contributed by atoms with Crippen LogP contribution in [-0.2, 0) is 13.0 Å². The fourth-order valence-corrected chi connectivity index (χ4v) is 9.30. The first kappa shape index (κ1) is 46.3. The first-order valence-electron chi connectivity index (χ1n) is 23.6. The normalized spacial score (nSPS) is 16.1. The number of aryl methyl sites for hydroxylation is 1. The zero-order valence-corrected chi connectivity index (χ0v) is 39.1. The van der Waals surface area contributed by atoms with Crippen molar-refractivity contribution in [3.8, 4) is 0 Å². The molecule has 9 rings (SSSR count). The summed E-state index contributed by atoms with van der Waals surface area (Å²) in [5.74, 6) is 0.349. The van der Waals surface area contributed by atoms with Gasteiger partial charge in [0, 0.05) is 60.9 Å². The summed E-state index contributed by atoms with van der Waals surface area (Å²) in [4.78, 5) is 18.9. The molecule has 1 atom stereocenters. The molecule has 0 bridgehead atoms. The SMILES string of the molecule is CC(C1=C(CCN(C)C)Cc2ccccc21)c1ccccn1.CN1CCC(N(Cc2ccccc2)c2ccccc2)CC1.Cc1ccc(/C(=C\CN2CCCC2)c2ccccn2)cc1. The van der Waals surface area contributed by atoms with Crippen molar-refractivity contribution in [1.29, 1.82) is 0 Å². The van der Waals surface area contributed by atoms with E-state index in [1.54, 1.807) is 5.57 Å². The molecule has 0 N–H and O–H groups in total. The zero-order valence-electron chi connectivity index (χ0n) is 39.1. The van der Waals surface area contributed by atoms with E-state index in [1.807, 2.05) is 24.5 Å². The number of allylic oxidation sites excluding steroid dienone is 1. The summed E-state index contributed by atoms with van der Waals surface area (Å²) < 4.78 is 0. The summed E-state index contributed by atoms with van der Waals surface area (Å²) in [6, 6.07) is 52.2. The van der Waals surface area contributed by atoms with Crippen molar-refractivity contribution in [3.63, 3.8) is 0 Å². The molecule has 0 saturated carbocycles. The molecule has 4 aromatic carbocycles. The Kier molecular flexibility index (Phi) is 17.3. The van der Waals surface area contributed by atoms with Crippen LogP contribution in [0, 0.1) is 6.92 Å². The summed E-state index contributed by atoms with van der Waals surface area (Å²) in [5.41, 5.74) is 14.7. The van der Waals surface area contributed by atoms with E-state index in [9.17, 15) is 0 Å². The Morgan fingerprint density at radius 1 is 0.719 bits per heavy atom. The monoisotopic (exact) mass is 851 g/mol. The highest BCUT2D eigenvalue weighted by Gasteiger charge is 2.27. The number of hydrogen-bond donors (Lipinski definition) is 0. The highest BCUT2D eigenvalue weighted by Crippen LogP contribution is 2.42. The minimum Gasteiger partial charge on any atom is -0.364 e. The minimum absolute atomic E-state index is 0.349. The number of fused-ring (bicyclic) bond motifs is 1. The number of likely N-dealkylation sites (tertiary alicyclic amines) is 2. The lowest BCUT2D eigenvalue weighted by Crippen LogP contribution is -2.43. The summed E-state index contributed by atoms with van der Waals surface area (Å²) in [7, 11) is 6.51. The van der Waals surface area contributed by atoms with Crippen LogP contribution >= 0.6 is 0 Å². The standard InChI is InChI=1S/C20H24N2.C19H24N2.C19H22N2/c1-15(19-10-6-7-12-21-19)20-17(11-13-22(2)3)14-16-8-4-5-9-18(16)20;1-20-14-12-19(13-15-20)21(18-10-6-3-7-11-18)16-17-8-4-2-5-9-17;1-16-7-9-17(10-8-16)18(19-6-2-3-12-20-19)11-15-21-13-4-5-14-21/h4-10,12,15H,11,13-14H2,1-3H3;2-11,19H,12-16H2,1H3;2-3,6-12H,4-5,13-15H2,1H3/b;;18-11+. The van der Waals surface area contributed by atoms with E-state index >= 15 is 0 Å². The van der Waals surface area contributed by atoms with Gasteiger partial charge in [-0.3, -0.25) is 14.9 Å². The number of nitrogens with zero attached hydrogens (tertiary/aromatic N) is 6. The van der Waals surface area contributed by atoms with Gasteiger partial charge >= 0.3 is 0 Å². The molecular weight excluding hydrogens is 781 g/mol. The predicted molar refractivity (Wildman–Crippen MR) is 271 cm³/mol. The number of benzene rings is 4. The Morgan fingerprint density at radius 3 is 2.02 bits per heavy atom. The van der Waals surface area contributed by atoms with Crippen LogP contribution in [0.25, 0.3) is 11.1 Å². The summed E-state index contributed by atoms with van der Waals surface area (Å²) >= 11 is 0. The maximum Gasteiger partial charge on any atom is 0.0705 e. The molecule has 6 aromatic rings. The zero-order chi connectivity index (χ0) is 44.5. The number of pyridine rings is 2. The van der Waals surface area contributed by atoms with E-state index in [-0.39, 0.29) is 0 Å². The molecule has 6 nitrogen and oxygen atoms in total. The number of para-hydroxylation sites is 1. The van der Waals surface area contributed by atoms with Gasteiger partial charge in [-0.1, -0.05) is 133 Å². The highest BCUT2D eigenvalue weighted by molar-refractivity contribution is 5.80. The third kappa shape index (κ3) is 13.2. The van der Waals surface area contributed by atoms with Crippen molar-refractivity contribution in [2.75, 3.05) is 65.3 Å². The average Bonchev–Trinajstić information content (AvgIpc) is 4.01. The smallest absolute Gasteiger partial charge is 0.0705 e. The van der Waals surface area contributed by atoms with Crippen molar-refractivity contribution in [1.82, 2.24) is 24.7 Å². The number of rotatable bonds is 13. The second-order valence-corrected chi connectivity index (χ2v) is 18.1. The predicted octanol–water partition coefficient (Wildman–Crippen LogP) is 11.9. The largest absolute Gasteiger partial charge is 0.364 e. The molecular formula is C58H70N6. The van der Waals surface area contributed by atoms with Gasteiger partial charge in [0.25, 0.3) is 0 Å². The van der Waals surface area contributed by atoms with Crippen molar-refractivity contribution < 1.29 is 0 Å². The molecule has 2 aromatic heterocycles. The number of hydrogen-bond acceptors (Lipinski definition) is 6. The maximum absolute atomic E-state index is 4.58. The molecule has 0 amide bonds. The fourth-order valence-electron chi connectivity index (χ4n) is 9.30. The van der Waals surface area contributed by atoms with Crippen LogP contribution in [-0.4, -0.2) is 91.1 Å². The van der Waals surface area contributed by atoms with Crippen LogP contribution in [0.2, 0.25) is 0 Å². The molecule has 64 heavy (non-hydrogen) atoms. The van der Waals surface area contributed by atoms with Gasteiger partial charge in [0.15, 0.2) is 0 Å². The van der Waals surface area contributed by atoms with Crippen LogP contribution < -0.4 is 4.90 Å². The Hall–Kier alpha value is -5.66. The molecule has 4 heterocycles. The molecule has 2 fully saturated rings. The van der Waals surface area contributed by atoms with Crippen LogP contribution in [0.1, 0.15) is 84.2 Å². The third-order valence-corrected chi connectivity index (χ3v) is 13.0. The van der Waals surface area contributed by atoms with E-state index in [2.05, 4.69) is 204 Å². The molecule has 1 aliphatic carbocycles. The molecule has 2 aliphatic heterocycles. The van der Waals surface area contributed by atoms with Gasteiger partial charge in [0.05, 0.1) is 5.69 Å². The van der Waals surface area contributed by atoms with Gasteiger partial charge in [0.1, 0.15) is 0 Å². The molecule has 332 valence electrons. The summed E-state index contributed by atoms with van der Waals surface area (Å²) in [6.07, 6.45) is 13.5. The molecule has 6 heteroatoms. The number of anilines is 1. The lowest BCUT2D eigenvalue weighted by Gasteiger charge is -2.39. The second-order valence-electron chi connectivity index (χ2n) is 18.1. The minimum atomic E-state index is 0.349. The first-order valence-corrected chi connectivity index (χ1v) is 23.6. The highest BCUT2D eigenvalue weighted by atomic mass is 15.2. The Balaban J connectivity index is 0.000000144. The topological polar surface area (TPSA) is 38.7 Å². The average molecular weight is 851 g/mol. The lowest BCUT2D eigenvalue weighted by molar-refractivity contribution is 0.249. The van der Waals surface area contributed by atoms with Crippen LogP contribution in [0.15, 0.2) is 170 Å². The molecule has 0 spiro atoms. The van der Waals surface area contributed by atoms with E-state index in [1.165, 1.54) is 96.5 Å². The summed E-state index contributed by atoms with van der Waals surface area (Å²) in [5, 5.41) is 0. The van der Waals surface area contributed by atoms with Crippen LogP contribution in [0.3, 0.4) is 0 Å². The van der Waals surface area contributed by atoms with Crippen LogP contribution in [0.5, 0.6) is 0 Å². The van der Waals surface area contributed by atoms with E-state index < -0.39 is 0 Å². The Bertz CT molecular complexity index is 2330.